The lowest BCUT2D eigenvalue weighted by molar-refractivity contribution is -0.117. The highest BCUT2D eigenvalue weighted by atomic mass is 35.5. The summed E-state index contributed by atoms with van der Waals surface area (Å²) in [6.45, 7) is 1.20. The molecular weight excluding hydrogens is 338 g/mol. The predicted molar refractivity (Wildman–Crippen MR) is 97.8 cm³/mol. The Bertz CT molecular complexity index is 806. The Labute approximate surface area is 152 Å². The molecule has 2 aromatic carbocycles. The Kier molecular flexibility index (Phi) is 4.53. The van der Waals surface area contributed by atoms with Gasteiger partial charge in [-0.15, -0.1) is 0 Å². The van der Waals surface area contributed by atoms with Crippen molar-refractivity contribution in [1.29, 1.82) is 0 Å². The Morgan fingerprint density at radius 3 is 2.68 bits per heavy atom. The molecule has 1 aliphatic heterocycles. The summed E-state index contributed by atoms with van der Waals surface area (Å²) in [4.78, 5) is 12.9. The number of hydrogen-bond donors (Lipinski definition) is 1. The number of benzene rings is 2. The molecule has 1 N–H and O–H groups in total. The zero-order valence-electron chi connectivity index (χ0n) is 13.9. The van der Waals surface area contributed by atoms with Crippen molar-refractivity contribution in [3.8, 4) is 11.5 Å². The quantitative estimate of drug-likeness (QED) is 0.857. The highest BCUT2D eigenvalue weighted by Crippen LogP contribution is 2.39. The number of amides is 1. The lowest BCUT2D eigenvalue weighted by atomic mass is 9.82. The number of halogens is 1. The fraction of sp³-hybridized carbons (Fsp3) is 0.350. The van der Waals surface area contributed by atoms with Gasteiger partial charge in [0.1, 0.15) is 0 Å². The maximum atomic E-state index is 12.9. The predicted octanol–water partition coefficient (Wildman–Crippen LogP) is 4.56. The van der Waals surface area contributed by atoms with E-state index in [0.717, 1.165) is 31.2 Å². The summed E-state index contributed by atoms with van der Waals surface area (Å²) in [7, 11) is 0. The number of anilines is 1. The molecule has 0 spiro atoms. The SMILES string of the molecule is O=C(Nc1cc2c(cc1Cl)OCCCO2)C1CCCc2ccccc21. The molecule has 1 atom stereocenters. The van der Waals surface area contributed by atoms with Crippen LogP contribution in [0.4, 0.5) is 5.69 Å². The molecule has 1 heterocycles. The molecule has 0 saturated carbocycles. The molecule has 25 heavy (non-hydrogen) atoms. The highest BCUT2D eigenvalue weighted by Gasteiger charge is 2.27. The molecule has 5 heteroatoms. The normalized spacial score (nSPS) is 18.8. The standard InChI is InChI=1S/C20H20ClNO3/c21-16-11-18-19(25-10-4-9-24-18)12-17(16)22-20(23)15-8-3-6-13-5-1-2-7-14(13)15/h1-2,5,7,11-12,15H,3-4,6,8-10H2,(H,22,23). The molecule has 0 bridgehead atoms. The molecule has 2 aliphatic rings. The van der Waals surface area contributed by atoms with Gasteiger partial charge in [0.25, 0.3) is 0 Å². The molecule has 0 saturated heterocycles. The van der Waals surface area contributed by atoms with Gasteiger partial charge in [-0.1, -0.05) is 35.9 Å². The van der Waals surface area contributed by atoms with Crippen molar-refractivity contribution >= 4 is 23.2 Å². The Balaban J connectivity index is 1.59. The van der Waals surface area contributed by atoms with Crippen LogP contribution in [0.5, 0.6) is 11.5 Å². The summed E-state index contributed by atoms with van der Waals surface area (Å²) in [6.07, 6.45) is 3.73. The largest absolute Gasteiger partial charge is 0.490 e. The number of ether oxygens (including phenoxy) is 2. The Hall–Kier alpha value is -2.20. The van der Waals surface area contributed by atoms with Gasteiger partial charge in [0.05, 0.1) is 29.8 Å². The van der Waals surface area contributed by atoms with E-state index in [9.17, 15) is 4.79 Å². The zero-order chi connectivity index (χ0) is 17.2. The Morgan fingerprint density at radius 1 is 1.08 bits per heavy atom. The second kappa shape index (κ2) is 6.96. The first-order valence-electron chi connectivity index (χ1n) is 8.70. The fourth-order valence-electron chi connectivity index (χ4n) is 3.53. The lowest BCUT2D eigenvalue weighted by Gasteiger charge is -2.25. The van der Waals surface area contributed by atoms with E-state index < -0.39 is 0 Å². The van der Waals surface area contributed by atoms with Crippen LogP contribution in [-0.2, 0) is 11.2 Å². The molecule has 2 aromatic rings. The van der Waals surface area contributed by atoms with E-state index in [0.29, 0.717) is 35.4 Å². The van der Waals surface area contributed by atoms with Gasteiger partial charge in [-0.05, 0) is 30.4 Å². The van der Waals surface area contributed by atoms with Crippen molar-refractivity contribution < 1.29 is 14.3 Å². The van der Waals surface area contributed by atoms with Crippen LogP contribution >= 0.6 is 11.6 Å². The molecular formula is C20H20ClNO3. The molecule has 1 unspecified atom stereocenters. The van der Waals surface area contributed by atoms with E-state index in [2.05, 4.69) is 11.4 Å². The van der Waals surface area contributed by atoms with Crippen molar-refractivity contribution in [2.45, 2.75) is 31.6 Å². The van der Waals surface area contributed by atoms with Crippen LogP contribution in [0, 0.1) is 0 Å². The fourth-order valence-corrected chi connectivity index (χ4v) is 3.73. The lowest BCUT2D eigenvalue weighted by Crippen LogP contribution is -2.24. The third-order valence-corrected chi connectivity index (χ3v) is 5.09. The number of carbonyl (C=O) groups is 1. The van der Waals surface area contributed by atoms with Crippen molar-refractivity contribution in [3.05, 3.63) is 52.5 Å². The number of rotatable bonds is 2. The first kappa shape index (κ1) is 16.3. The maximum absolute atomic E-state index is 12.9. The maximum Gasteiger partial charge on any atom is 0.231 e. The van der Waals surface area contributed by atoms with Crippen LogP contribution in [-0.4, -0.2) is 19.1 Å². The smallest absolute Gasteiger partial charge is 0.231 e. The second-order valence-electron chi connectivity index (χ2n) is 6.46. The monoisotopic (exact) mass is 357 g/mol. The average molecular weight is 358 g/mol. The minimum absolute atomic E-state index is 0.0245. The van der Waals surface area contributed by atoms with E-state index >= 15 is 0 Å². The summed E-state index contributed by atoms with van der Waals surface area (Å²) in [5.74, 6) is 1.09. The van der Waals surface area contributed by atoms with Crippen LogP contribution in [0.1, 0.15) is 36.3 Å². The van der Waals surface area contributed by atoms with Gasteiger partial charge in [0, 0.05) is 18.6 Å². The summed E-state index contributed by atoms with van der Waals surface area (Å²) in [6, 6.07) is 11.6. The van der Waals surface area contributed by atoms with E-state index in [1.54, 1.807) is 12.1 Å². The highest BCUT2D eigenvalue weighted by molar-refractivity contribution is 6.34. The van der Waals surface area contributed by atoms with E-state index in [1.165, 1.54) is 5.56 Å². The second-order valence-corrected chi connectivity index (χ2v) is 6.87. The minimum Gasteiger partial charge on any atom is -0.490 e. The number of hydrogen-bond acceptors (Lipinski definition) is 3. The summed E-state index contributed by atoms with van der Waals surface area (Å²) in [5, 5.41) is 3.44. The third-order valence-electron chi connectivity index (χ3n) is 4.78. The van der Waals surface area contributed by atoms with Gasteiger partial charge in [-0.2, -0.15) is 0 Å². The van der Waals surface area contributed by atoms with Gasteiger partial charge in [0.2, 0.25) is 5.91 Å². The van der Waals surface area contributed by atoms with Crippen molar-refractivity contribution in [2.75, 3.05) is 18.5 Å². The number of carbonyl (C=O) groups excluding carboxylic acids is 1. The van der Waals surface area contributed by atoms with Gasteiger partial charge in [-0.25, -0.2) is 0 Å². The van der Waals surface area contributed by atoms with Gasteiger partial charge in [-0.3, -0.25) is 4.79 Å². The van der Waals surface area contributed by atoms with Gasteiger partial charge in [0.15, 0.2) is 11.5 Å². The van der Waals surface area contributed by atoms with Crippen LogP contribution in [0.2, 0.25) is 5.02 Å². The summed E-state index contributed by atoms with van der Waals surface area (Å²) in [5.41, 5.74) is 2.95. The molecule has 0 fully saturated rings. The van der Waals surface area contributed by atoms with E-state index in [1.807, 2.05) is 18.2 Å². The average Bonchev–Trinajstić information content (AvgIpc) is 2.86. The number of nitrogens with one attached hydrogen (secondary N) is 1. The minimum atomic E-state index is -0.142. The first-order valence-corrected chi connectivity index (χ1v) is 9.08. The molecule has 1 aliphatic carbocycles. The van der Waals surface area contributed by atoms with Gasteiger partial charge >= 0.3 is 0 Å². The van der Waals surface area contributed by atoms with E-state index in [4.69, 9.17) is 21.1 Å². The molecule has 4 nitrogen and oxygen atoms in total. The van der Waals surface area contributed by atoms with Crippen LogP contribution in [0.25, 0.3) is 0 Å². The third kappa shape index (κ3) is 3.31. The molecule has 0 radical (unpaired) electrons. The molecule has 0 aromatic heterocycles. The topological polar surface area (TPSA) is 47.6 Å². The Morgan fingerprint density at radius 2 is 1.84 bits per heavy atom. The van der Waals surface area contributed by atoms with E-state index in [-0.39, 0.29) is 11.8 Å². The number of fused-ring (bicyclic) bond motifs is 2. The van der Waals surface area contributed by atoms with Crippen LogP contribution < -0.4 is 14.8 Å². The first-order chi connectivity index (χ1) is 12.2. The molecule has 130 valence electrons. The molecule has 4 rings (SSSR count). The van der Waals surface area contributed by atoms with Crippen LogP contribution in [0.3, 0.4) is 0 Å². The number of aryl methyl sites for hydroxylation is 1. The van der Waals surface area contributed by atoms with Crippen LogP contribution in [0.15, 0.2) is 36.4 Å². The molecule has 1 amide bonds. The van der Waals surface area contributed by atoms with Crippen molar-refractivity contribution in [1.82, 2.24) is 0 Å². The van der Waals surface area contributed by atoms with Crippen molar-refractivity contribution in [3.63, 3.8) is 0 Å². The van der Waals surface area contributed by atoms with Crippen molar-refractivity contribution in [2.24, 2.45) is 0 Å². The summed E-state index contributed by atoms with van der Waals surface area (Å²) < 4.78 is 11.3. The zero-order valence-corrected chi connectivity index (χ0v) is 14.6. The van der Waals surface area contributed by atoms with Gasteiger partial charge < -0.3 is 14.8 Å². The summed E-state index contributed by atoms with van der Waals surface area (Å²) >= 11 is 6.35.